The molecule has 0 amide bonds. The molecule has 8 nitrogen and oxygen atoms in total. The zero-order chi connectivity index (χ0) is 27.5. The Labute approximate surface area is 233 Å². The average Bonchev–Trinajstić information content (AvgIpc) is 3.79. The van der Waals surface area contributed by atoms with Gasteiger partial charge < -0.3 is 39.8 Å². The summed E-state index contributed by atoms with van der Waals surface area (Å²) in [7, 11) is 1.68. The lowest BCUT2D eigenvalue weighted by molar-refractivity contribution is -0.0777. The maximum absolute atomic E-state index is 10.3. The van der Waals surface area contributed by atoms with Crippen LogP contribution in [0.25, 0.3) is 0 Å². The molecule has 1 aliphatic heterocycles. The second kappa shape index (κ2) is 15.6. The molecule has 39 heavy (non-hydrogen) atoms. The monoisotopic (exact) mass is 542 g/mol. The molecule has 1 aliphatic carbocycles. The molecule has 2 fully saturated rings. The third-order valence-electron chi connectivity index (χ3n) is 7.52. The molecule has 0 bridgehead atoms. The molecular formula is C31H46N2O6. The lowest BCUT2D eigenvalue weighted by Gasteiger charge is -2.39. The van der Waals surface area contributed by atoms with Crippen molar-refractivity contribution >= 4 is 5.69 Å². The molecule has 216 valence electrons. The van der Waals surface area contributed by atoms with Crippen LogP contribution in [0.2, 0.25) is 0 Å². The SMILES string of the molecule is CCC(O)CO[C@@H]1CNC[C@H](OCc2ccc(O)c(NCCCOC)c2)C1c1ccc(COCC2CC2)cc1. The minimum absolute atomic E-state index is 0.0143. The van der Waals surface area contributed by atoms with E-state index < -0.39 is 6.10 Å². The smallest absolute Gasteiger partial charge is 0.138 e. The summed E-state index contributed by atoms with van der Waals surface area (Å²) in [6.45, 7) is 6.93. The normalized spacial score (nSPS) is 22.1. The molecule has 2 aromatic carbocycles. The zero-order valence-corrected chi connectivity index (χ0v) is 23.4. The van der Waals surface area contributed by atoms with Crippen molar-refractivity contribution in [2.24, 2.45) is 5.92 Å². The van der Waals surface area contributed by atoms with Crippen LogP contribution in [-0.2, 0) is 32.2 Å². The fourth-order valence-electron chi connectivity index (χ4n) is 4.89. The number of hydrogen-bond acceptors (Lipinski definition) is 8. The summed E-state index contributed by atoms with van der Waals surface area (Å²) in [6.07, 6.45) is 3.37. The van der Waals surface area contributed by atoms with Crippen molar-refractivity contribution in [3.05, 3.63) is 59.2 Å². The summed E-state index contributed by atoms with van der Waals surface area (Å²) in [5, 5.41) is 27.2. The van der Waals surface area contributed by atoms with Crippen molar-refractivity contribution in [3.8, 4) is 5.75 Å². The second-order valence-corrected chi connectivity index (χ2v) is 10.8. The topological polar surface area (TPSA) is 101 Å². The molecular weight excluding hydrogens is 496 g/mol. The molecule has 4 rings (SSSR count). The van der Waals surface area contributed by atoms with Crippen LogP contribution in [-0.4, -0.2) is 75.1 Å². The van der Waals surface area contributed by atoms with Crippen molar-refractivity contribution in [1.82, 2.24) is 5.32 Å². The standard InChI is InChI=1S/C31H46N2O6/c1-3-26(34)21-39-30-17-32-16-29(31(30)25-10-7-23(8-11-25)19-37-18-22-5-6-22)38-20-24-9-12-28(35)27(15-24)33-13-4-14-36-2/h7-12,15,22,26,29-35H,3-6,13-14,16-21H2,1-2H3/t26?,29-,30+,31?/m0/s1. The number of benzene rings is 2. The molecule has 4 atom stereocenters. The molecule has 1 saturated carbocycles. The first-order valence-corrected chi connectivity index (χ1v) is 14.4. The van der Waals surface area contributed by atoms with E-state index in [0.29, 0.717) is 58.2 Å². The maximum atomic E-state index is 10.3. The van der Waals surface area contributed by atoms with Crippen molar-refractivity contribution in [1.29, 1.82) is 0 Å². The minimum Gasteiger partial charge on any atom is -0.506 e. The number of anilines is 1. The number of hydrogen-bond donors (Lipinski definition) is 4. The Balaban J connectivity index is 1.42. The van der Waals surface area contributed by atoms with Gasteiger partial charge in [-0.25, -0.2) is 0 Å². The summed E-state index contributed by atoms with van der Waals surface area (Å²) in [4.78, 5) is 0. The highest BCUT2D eigenvalue weighted by molar-refractivity contribution is 5.57. The van der Waals surface area contributed by atoms with Crippen molar-refractivity contribution in [2.45, 2.75) is 70.1 Å². The van der Waals surface area contributed by atoms with Crippen LogP contribution in [0.1, 0.15) is 55.2 Å². The molecule has 1 heterocycles. The molecule has 2 unspecified atom stereocenters. The van der Waals surface area contributed by atoms with Gasteiger partial charge in [-0.3, -0.25) is 0 Å². The van der Waals surface area contributed by atoms with E-state index in [4.69, 9.17) is 18.9 Å². The Bertz CT molecular complexity index is 984. The fraction of sp³-hybridized carbons (Fsp3) is 0.613. The first-order chi connectivity index (χ1) is 19.1. The number of ether oxygens (including phenoxy) is 4. The number of methoxy groups -OCH3 is 1. The van der Waals surface area contributed by atoms with Gasteiger partial charge in [0, 0.05) is 45.9 Å². The maximum Gasteiger partial charge on any atom is 0.138 e. The molecule has 1 saturated heterocycles. The average molecular weight is 543 g/mol. The van der Waals surface area contributed by atoms with Gasteiger partial charge in [0.2, 0.25) is 0 Å². The Morgan fingerprint density at radius 1 is 1.00 bits per heavy atom. The summed E-state index contributed by atoms with van der Waals surface area (Å²) < 4.78 is 23.7. The first kappa shape index (κ1) is 29.8. The number of aromatic hydroxyl groups is 1. The van der Waals surface area contributed by atoms with Gasteiger partial charge in [0.25, 0.3) is 0 Å². The molecule has 2 aromatic rings. The van der Waals surface area contributed by atoms with E-state index in [9.17, 15) is 10.2 Å². The quantitative estimate of drug-likeness (QED) is 0.174. The van der Waals surface area contributed by atoms with Crippen molar-refractivity contribution in [3.63, 3.8) is 0 Å². The highest BCUT2D eigenvalue weighted by Crippen LogP contribution is 2.33. The molecule has 0 aromatic heterocycles. The van der Waals surface area contributed by atoms with Gasteiger partial charge in [0.05, 0.1) is 43.8 Å². The van der Waals surface area contributed by atoms with E-state index in [1.165, 1.54) is 18.4 Å². The number of phenols is 1. The number of piperidine rings is 1. The Kier molecular flexibility index (Phi) is 11.9. The van der Waals surface area contributed by atoms with Crippen LogP contribution >= 0.6 is 0 Å². The van der Waals surface area contributed by atoms with Gasteiger partial charge in [-0.2, -0.15) is 0 Å². The second-order valence-electron chi connectivity index (χ2n) is 10.8. The third-order valence-corrected chi connectivity index (χ3v) is 7.52. The van der Waals surface area contributed by atoms with Crippen LogP contribution in [0.4, 0.5) is 5.69 Å². The van der Waals surface area contributed by atoms with E-state index in [1.54, 1.807) is 13.2 Å². The Morgan fingerprint density at radius 2 is 1.74 bits per heavy atom. The number of rotatable bonds is 17. The number of nitrogens with one attached hydrogen (secondary N) is 2. The lowest BCUT2D eigenvalue weighted by Crippen LogP contribution is -2.51. The highest BCUT2D eigenvalue weighted by atomic mass is 16.5. The van der Waals surface area contributed by atoms with Gasteiger partial charge in [0.15, 0.2) is 0 Å². The van der Waals surface area contributed by atoms with Crippen LogP contribution in [0.15, 0.2) is 42.5 Å². The van der Waals surface area contributed by atoms with Gasteiger partial charge >= 0.3 is 0 Å². The predicted molar refractivity (Wildman–Crippen MR) is 152 cm³/mol. The van der Waals surface area contributed by atoms with Gasteiger partial charge in [-0.15, -0.1) is 0 Å². The van der Waals surface area contributed by atoms with Gasteiger partial charge in [0.1, 0.15) is 5.75 Å². The van der Waals surface area contributed by atoms with E-state index in [1.807, 2.05) is 19.1 Å². The van der Waals surface area contributed by atoms with E-state index in [2.05, 4.69) is 34.9 Å². The van der Waals surface area contributed by atoms with Crippen LogP contribution < -0.4 is 10.6 Å². The number of aliphatic hydroxyl groups is 1. The Morgan fingerprint density at radius 3 is 2.46 bits per heavy atom. The summed E-state index contributed by atoms with van der Waals surface area (Å²) >= 11 is 0. The molecule has 8 heteroatoms. The lowest BCUT2D eigenvalue weighted by atomic mass is 9.85. The predicted octanol–water partition coefficient (Wildman–Crippen LogP) is 4.20. The fourth-order valence-corrected chi connectivity index (χ4v) is 4.89. The molecule has 4 N–H and O–H groups in total. The largest absolute Gasteiger partial charge is 0.506 e. The van der Waals surface area contributed by atoms with Crippen LogP contribution in [0, 0.1) is 5.92 Å². The zero-order valence-electron chi connectivity index (χ0n) is 23.4. The summed E-state index contributed by atoms with van der Waals surface area (Å²) in [5.41, 5.74) is 4.00. The first-order valence-electron chi connectivity index (χ1n) is 14.4. The van der Waals surface area contributed by atoms with Gasteiger partial charge in [-0.1, -0.05) is 37.3 Å². The van der Waals surface area contributed by atoms with Crippen molar-refractivity contribution in [2.75, 3.05) is 51.9 Å². The van der Waals surface area contributed by atoms with E-state index >= 15 is 0 Å². The van der Waals surface area contributed by atoms with Crippen LogP contribution in [0.5, 0.6) is 5.75 Å². The molecule has 0 radical (unpaired) electrons. The number of aliphatic hydroxyl groups excluding tert-OH is 1. The summed E-state index contributed by atoms with van der Waals surface area (Å²) in [6, 6.07) is 14.1. The third kappa shape index (κ3) is 9.45. The molecule has 2 aliphatic rings. The van der Waals surface area contributed by atoms with E-state index in [-0.39, 0.29) is 23.9 Å². The van der Waals surface area contributed by atoms with Crippen molar-refractivity contribution < 1.29 is 29.2 Å². The highest BCUT2D eigenvalue weighted by Gasteiger charge is 2.36. The molecule has 0 spiro atoms. The minimum atomic E-state index is -0.482. The van der Waals surface area contributed by atoms with Crippen LogP contribution in [0.3, 0.4) is 0 Å². The van der Waals surface area contributed by atoms with Gasteiger partial charge in [-0.05, 0) is 60.4 Å². The number of phenolic OH excluding ortho intramolecular Hbond substituents is 1. The Hall–Kier alpha value is -2.20. The summed E-state index contributed by atoms with van der Waals surface area (Å²) in [5.74, 6) is 0.988. The van der Waals surface area contributed by atoms with E-state index in [0.717, 1.165) is 30.1 Å².